The van der Waals surface area contributed by atoms with E-state index in [-0.39, 0.29) is 18.7 Å². The van der Waals surface area contributed by atoms with Crippen molar-refractivity contribution in [1.82, 2.24) is 14.0 Å². The van der Waals surface area contributed by atoms with Gasteiger partial charge in [-0.3, -0.25) is 14.6 Å². The summed E-state index contributed by atoms with van der Waals surface area (Å²) in [6.45, 7) is 1.91. The molecule has 1 atom stereocenters. The van der Waals surface area contributed by atoms with Crippen LogP contribution in [0, 0.1) is 0 Å². The number of aromatic amines is 1. The Kier molecular flexibility index (Phi) is 6.29. The molecular formula is C16H21N3O5S. The maximum Gasteiger partial charge on any atom is 0.328 e. The first-order valence-corrected chi connectivity index (χ1v) is 9.37. The zero-order valence-corrected chi connectivity index (χ0v) is 14.9. The van der Waals surface area contributed by atoms with Crippen molar-refractivity contribution in [2.45, 2.75) is 25.9 Å². The third-order valence-corrected chi connectivity index (χ3v) is 5.57. The average Bonchev–Trinajstić information content (AvgIpc) is 2.58. The Morgan fingerprint density at radius 1 is 1.20 bits per heavy atom. The van der Waals surface area contributed by atoms with Gasteiger partial charge in [-0.15, -0.1) is 0 Å². The monoisotopic (exact) mass is 367 g/mol. The second kappa shape index (κ2) is 8.24. The Hall–Kier alpha value is -2.23. The summed E-state index contributed by atoms with van der Waals surface area (Å²) in [4.78, 5) is 29.9. The van der Waals surface area contributed by atoms with Crippen LogP contribution in [0.2, 0.25) is 0 Å². The van der Waals surface area contributed by atoms with Crippen LogP contribution in [0.5, 0.6) is 0 Å². The lowest BCUT2D eigenvalue weighted by molar-refractivity contribution is -0.0772. The molecule has 0 bridgehead atoms. The molecule has 0 aliphatic carbocycles. The van der Waals surface area contributed by atoms with Crippen molar-refractivity contribution in [3.05, 3.63) is 69.0 Å². The fourth-order valence-corrected chi connectivity index (χ4v) is 4.00. The zero-order chi connectivity index (χ0) is 18.4. The Morgan fingerprint density at radius 3 is 2.48 bits per heavy atom. The first kappa shape index (κ1) is 19.1. The van der Waals surface area contributed by atoms with Gasteiger partial charge in [0.25, 0.3) is 5.56 Å². The maximum atomic E-state index is 12.6. The first-order valence-electron chi connectivity index (χ1n) is 7.76. The number of hydroxylamine groups is 1. The number of H-pyrrole nitrogens is 1. The lowest BCUT2D eigenvalue weighted by Gasteiger charge is -2.26. The normalized spacial score (nSPS) is 13.1. The van der Waals surface area contributed by atoms with Gasteiger partial charge in [0.1, 0.15) is 0 Å². The molecule has 0 fully saturated rings. The fraction of sp³-hybridized carbons (Fsp3) is 0.375. The molecule has 0 amide bonds. The van der Waals surface area contributed by atoms with Gasteiger partial charge in [-0.25, -0.2) is 13.2 Å². The second-order valence-electron chi connectivity index (χ2n) is 5.50. The molecule has 0 spiro atoms. The number of benzene rings is 1. The van der Waals surface area contributed by atoms with E-state index in [1.54, 1.807) is 6.92 Å². The SMILES string of the molecule is CON([C@H](C)c1ccccc1)S(=O)(=O)CCCn1ccc(=O)[nH]c1=O. The van der Waals surface area contributed by atoms with Gasteiger partial charge in [0.2, 0.25) is 10.0 Å². The van der Waals surface area contributed by atoms with Gasteiger partial charge in [-0.1, -0.05) is 34.8 Å². The van der Waals surface area contributed by atoms with Crippen LogP contribution in [-0.2, 0) is 21.4 Å². The molecule has 1 heterocycles. The minimum absolute atomic E-state index is 0.173. The zero-order valence-electron chi connectivity index (χ0n) is 14.1. The summed E-state index contributed by atoms with van der Waals surface area (Å²) in [6, 6.07) is 9.90. The van der Waals surface area contributed by atoms with Crippen molar-refractivity contribution in [3.8, 4) is 0 Å². The molecule has 2 rings (SSSR count). The van der Waals surface area contributed by atoms with E-state index in [2.05, 4.69) is 4.98 Å². The van der Waals surface area contributed by atoms with Gasteiger partial charge < -0.3 is 4.57 Å². The van der Waals surface area contributed by atoms with E-state index in [1.807, 2.05) is 30.3 Å². The summed E-state index contributed by atoms with van der Waals surface area (Å²) >= 11 is 0. The topological polar surface area (TPSA) is 101 Å². The highest BCUT2D eigenvalue weighted by Crippen LogP contribution is 2.23. The van der Waals surface area contributed by atoms with E-state index in [0.717, 1.165) is 10.0 Å². The minimum Gasteiger partial charge on any atom is -0.301 e. The van der Waals surface area contributed by atoms with E-state index in [0.29, 0.717) is 0 Å². The summed E-state index contributed by atoms with van der Waals surface area (Å²) in [6.07, 6.45) is 1.55. The Labute approximate surface area is 145 Å². The average molecular weight is 367 g/mol. The van der Waals surface area contributed by atoms with Gasteiger partial charge in [-0.2, -0.15) is 0 Å². The van der Waals surface area contributed by atoms with Crippen molar-refractivity contribution in [1.29, 1.82) is 0 Å². The molecule has 9 heteroatoms. The number of sulfonamides is 1. The molecule has 0 saturated carbocycles. The van der Waals surface area contributed by atoms with E-state index in [9.17, 15) is 18.0 Å². The molecule has 8 nitrogen and oxygen atoms in total. The lowest BCUT2D eigenvalue weighted by atomic mass is 10.1. The van der Waals surface area contributed by atoms with Gasteiger partial charge >= 0.3 is 5.69 Å². The van der Waals surface area contributed by atoms with Crippen LogP contribution in [0.15, 0.2) is 52.2 Å². The van der Waals surface area contributed by atoms with Gasteiger partial charge in [-0.05, 0) is 18.9 Å². The van der Waals surface area contributed by atoms with Crippen molar-refractivity contribution < 1.29 is 13.3 Å². The quantitative estimate of drug-likeness (QED) is 0.698. The Balaban J connectivity index is 2.06. The van der Waals surface area contributed by atoms with E-state index < -0.39 is 27.3 Å². The molecule has 0 unspecified atom stereocenters. The number of aryl methyl sites for hydroxylation is 1. The third-order valence-electron chi connectivity index (χ3n) is 3.75. The van der Waals surface area contributed by atoms with E-state index in [1.165, 1.54) is 23.9 Å². The Morgan fingerprint density at radius 2 is 1.88 bits per heavy atom. The molecule has 25 heavy (non-hydrogen) atoms. The van der Waals surface area contributed by atoms with Crippen LogP contribution in [0.4, 0.5) is 0 Å². The molecule has 0 aliphatic rings. The molecule has 0 aliphatic heterocycles. The summed E-state index contributed by atoms with van der Waals surface area (Å²) in [5.41, 5.74) is -0.243. The maximum absolute atomic E-state index is 12.6. The molecule has 1 aromatic carbocycles. The number of rotatable bonds is 8. The summed E-state index contributed by atoms with van der Waals surface area (Å²) in [7, 11) is -2.38. The van der Waals surface area contributed by atoms with Crippen LogP contribution in [0.3, 0.4) is 0 Å². The highest BCUT2D eigenvalue weighted by atomic mass is 32.2. The molecule has 2 aromatic rings. The molecule has 1 N–H and O–H groups in total. The fourth-order valence-electron chi connectivity index (χ4n) is 2.49. The predicted molar refractivity (Wildman–Crippen MR) is 93.4 cm³/mol. The molecule has 1 aromatic heterocycles. The third kappa shape index (κ3) is 4.88. The summed E-state index contributed by atoms with van der Waals surface area (Å²) in [5.74, 6) is -0.191. The summed E-state index contributed by atoms with van der Waals surface area (Å²) < 4.78 is 27.4. The number of nitrogens with zero attached hydrogens (tertiary/aromatic N) is 2. The van der Waals surface area contributed by atoms with Crippen LogP contribution in [0.25, 0.3) is 0 Å². The van der Waals surface area contributed by atoms with Crippen molar-refractivity contribution in [2.24, 2.45) is 0 Å². The Bertz CT molecular complexity index is 905. The van der Waals surface area contributed by atoms with Crippen molar-refractivity contribution in [2.75, 3.05) is 12.9 Å². The second-order valence-corrected chi connectivity index (χ2v) is 7.43. The van der Waals surface area contributed by atoms with Crippen LogP contribution in [-0.4, -0.2) is 35.3 Å². The molecule has 136 valence electrons. The summed E-state index contributed by atoms with van der Waals surface area (Å²) in [5, 5.41) is 0. The highest BCUT2D eigenvalue weighted by Gasteiger charge is 2.28. The van der Waals surface area contributed by atoms with Crippen LogP contribution >= 0.6 is 0 Å². The van der Waals surface area contributed by atoms with Gasteiger partial charge in [0.05, 0.1) is 18.9 Å². The standard InChI is InChI=1S/C16H21N3O5S/c1-13(14-7-4-3-5-8-14)19(24-2)25(22,23)12-6-10-18-11-9-15(20)17-16(18)21/h3-5,7-9,11,13H,6,10,12H2,1-2H3,(H,17,20,21)/t13-/m1/s1. The highest BCUT2D eigenvalue weighted by molar-refractivity contribution is 7.88. The molecular weight excluding hydrogens is 346 g/mol. The van der Waals surface area contributed by atoms with Gasteiger partial charge in [0.15, 0.2) is 0 Å². The van der Waals surface area contributed by atoms with Crippen molar-refractivity contribution in [3.63, 3.8) is 0 Å². The van der Waals surface area contributed by atoms with Crippen molar-refractivity contribution >= 4 is 10.0 Å². The first-order chi connectivity index (χ1) is 11.8. The van der Waals surface area contributed by atoms with Crippen LogP contribution < -0.4 is 11.2 Å². The van der Waals surface area contributed by atoms with E-state index in [4.69, 9.17) is 4.84 Å². The number of hydrogen-bond acceptors (Lipinski definition) is 5. The minimum atomic E-state index is -3.69. The molecule has 0 saturated heterocycles. The largest absolute Gasteiger partial charge is 0.328 e. The van der Waals surface area contributed by atoms with Gasteiger partial charge in [0, 0.05) is 18.8 Å². The number of nitrogens with one attached hydrogen (secondary N) is 1. The number of aromatic nitrogens is 2. The lowest BCUT2D eigenvalue weighted by Crippen LogP contribution is -2.35. The predicted octanol–water partition coefficient (Wildman–Crippen LogP) is 0.881. The number of hydrogen-bond donors (Lipinski definition) is 1. The van der Waals surface area contributed by atoms with E-state index >= 15 is 0 Å². The smallest absolute Gasteiger partial charge is 0.301 e. The molecule has 0 radical (unpaired) electrons. The van der Waals surface area contributed by atoms with Crippen LogP contribution in [0.1, 0.15) is 24.9 Å².